The monoisotopic (exact) mass is 389 g/mol. The second kappa shape index (κ2) is 6.29. The first-order valence-corrected chi connectivity index (χ1v) is 7.36. The maximum Gasteiger partial charge on any atom is 0.257 e. The maximum atomic E-state index is 12.4. The highest BCUT2D eigenvalue weighted by Crippen LogP contribution is 2.24. The number of carbonyl (C=O) groups excluding carboxylic acids is 1. The number of rotatable bonds is 2. The van der Waals surface area contributed by atoms with Gasteiger partial charge in [-0.1, -0.05) is 5.16 Å². The molecule has 1 aromatic rings. The van der Waals surface area contributed by atoms with Crippen LogP contribution in [0.25, 0.3) is 0 Å². The Morgan fingerprint density at radius 3 is 2.65 bits per heavy atom. The Hall–Kier alpha value is -1.51. The first-order valence-electron chi connectivity index (χ1n) is 6.28. The first kappa shape index (κ1) is 14.9. The van der Waals surface area contributed by atoms with Gasteiger partial charge in [0, 0.05) is 22.6 Å². The molecule has 0 spiro atoms. The molecule has 7 heteroatoms. The number of piperidine rings is 1. The number of benzene rings is 1. The topological polar surface area (TPSA) is 99.2 Å². The highest BCUT2D eigenvalue weighted by atomic mass is 127. The summed E-state index contributed by atoms with van der Waals surface area (Å²) in [6.45, 7) is 1.06. The van der Waals surface area contributed by atoms with Crippen molar-refractivity contribution in [2.24, 2.45) is 16.8 Å². The molecule has 1 fully saturated rings. The van der Waals surface area contributed by atoms with E-state index < -0.39 is 0 Å². The Kier molecular flexibility index (Phi) is 4.69. The molecule has 1 aliphatic heterocycles. The highest BCUT2D eigenvalue weighted by molar-refractivity contribution is 14.1. The van der Waals surface area contributed by atoms with Crippen molar-refractivity contribution in [1.82, 2.24) is 4.90 Å². The third-order valence-electron chi connectivity index (χ3n) is 3.50. The van der Waals surface area contributed by atoms with Gasteiger partial charge in [0.2, 0.25) is 0 Å². The number of aromatic hydroxyl groups is 1. The normalized spacial score (nSPS) is 17.2. The van der Waals surface area contributed by atoms with Gasteiger partial charge in [-0.05, 0) is 53.6 Å². The summed E-state index contributed by atoms with van der Waals surface area (Å²) in [7, 11) is 0. The van der Waals surface area contributed by atoms with Crippen LogP contribution >= 0.6 is 22.6 Å². The van der Waals surface area contributed by atoms with Crippen LogP contribution < -0.4 is 5.73 Å². The molecule has 0 aliphatic carbocycles. The number of likely N-dealkylation sites (tertiary alicyclic amines) is 1. The lowest BCUT2D eigenvalue weighted by molar-refractivity contribution is 0.0706. The van der Waals surface area contributed by atoms with Gasteiger partial charge in [-0.2, -0.15) is 0 Å². The molecule has 1 heterocycles. The summed E-state index contributed by atoms with van der Waals surface area (Å²) in [6, 6.07) is 4.95. The van der Waals surface area contributed by atoms with Crippen LogP contribution in [0.2, 0.25) is 0 Å². The molecule has 1 aliphatic rings. The number of nitrogens with zero attached hydrogens (tertiary/aromatic N) is 2. The fourth-order valence-corrected chi connectivity index (χ4v) is 2.80. The quantitative estimate of drug-likeness (QED) is 0.235. The lowest BCUT2D eigenvalue weighted by atomic mass is 9.95. The molecule has 4 N–H and O–H groups in total. The highest BCUT2D eigenvalue weighted by Gasteiger charge is 2.27. The van der Waals surface area contributed by atoms with E-state index in [0.29, 0.717) is 31.5 Å². The molecular formula is C13H16IN3O3. The lowest BCUT2D eigenvalue weighted by Crippen LogP contribution is -2.41. The molecule has 0 bridgehead atoms. The van der Waals surface area contributed by atoms with E-state index in [0.717, 1.165) is 3.57 Å². The number of amidine groups is 1. The van der Waals surface area contributed by atoms with Crippen LogP contribution in [0.4, 0.5) is 0 Å². The fourth-order valence-electron chi connectivity index (χ4n) is 2.31. The van der Waals surface area contributed by atoms with Gasteiger partial charge in [0.1, 0.15) is 11.6 Å². The molecule has 0 radical (unpaired) electrons. The maximum absolute atomic E-state index is 12.4. The van der Waals surface area contributed by atoms with E-state index in [1.54, 1.807) is 17.0 Å². The number of carbonyl (C=O) groups is 1. The molecule has 108 valence electrons. The van der Waals surface area contributed by atoms with Crippen LogP contribution in [-0.4, -0.2) is 40.0 Å². The number of oxime groups is 1. The summed E-state index contributed by atoms with van der Waals surface area (Å²) >= 11 is 2.10. The Morgan fingerprint density at radius 2 is 2.05 bits per heavy atom. The second-order valence-electron chi connectivity index (χ2n) is 4.75. The SMILES string of the molecule is N/C(=N/O)C1CCN(C(=O)c2cc(I)ccc2O)CC1. The van der Waals surface area contributed by atoms with E-state index in [1.807, 2.05) is 0 Å². The molecule has 1 saturated heterocycles. The number of hydrogen-bond donors (Lipinski definition) is 3. The van der Waals surface area contributed by atoms with Crippen LogP contribution in [0.5, 0.6) is 5.75 Å². The van der Waals surface area contributed by atoms with Gasteiger partial charge in [0.25, 0.3) is 5.91 Å². The van der Waals surface area contributed by atoms with Gasteiger partial charge in [0.05, 0.1) is 5.56 Å². The van der Waals surface area contributed by atoms with E-state index >= 15 is 0 Å². The van der Waals surface area contributed by atoms with Crippen LogP contribution in [0, 0.1) is 9.49 Å². The average molecular weight is 389 g/mol. The molecule has 0 aromatic heterocycles. The van der Waals surface area contributed by atoms with Gasteiger partial charge in [-0.25, -0.2) is 0 Å². The van der Waals surface area contributed by atoms with E-state index in [9.17, 15) is 9.90 Å². The van der Waals surface area contributed by atoms with Crippen LogP contribution in [-0.2, 0) is 0 Å². The van der Waals surface area contributed by atoms with Crippen LogP contribution in [0.15, 0.2) is 23.4 Å². The Balaban J connectivity index is 2.07. The first-order chi connectivity index (χ1) is 9.52. The largest absolute Gasteiger partial charge is 0.507 e. The van der Waals surface area contributed by atoms with Crippen molar-refractivity contribution in [2.45, 2.75) is 12.8 Å². The number of nitrogens with two attached hydrogens (primary N) is 1. The molecule has 6 nitrogen and oxygen atoms in total. The van der Waals surface area contributed by atoms with Crippen molar-refractivity contribution in [1.29, 1.82) is 0 Å². The third-order valence-corrected chi connectivity index (χ3v) is 4.18. The van der Waals surface area contributed by atoms with Crippen molar-refractivity contribution in [2.75, 3.05) is 13.1 Å². The van der Waals surface area contributed by atoms with Gasteiger partial charge >= 0.3 is 0 Å². The van der Waals surface area contributed by atoms with Crippen LogP contribution in [0.1, 0.15) is 23.2 Å². The van der Waals surface area contributed by atoms with E-state index in [4.69, 9.17) is 10.9 Å². The summed E-state index contributed by atoms with van der Waals surface area (Å²) in [6.07, 6.45) is 1.32. The number of phenols is 1. The summed E-state index contributed by atoms with van der Waals surface area (Å²) in [5.74, 6) is 0.0377. The van der Waals surface area contributed by atoms with Gasteiger partial charge < -0.3 is 20.9 Å². The second-order valence-corrected chi connectivity index (χ2v) is 6.00. The summed E-state index contributed by atoms with van der Waals surface area (Å²) in [4.78, 5) is 14.1. The van der Waals surface area contributed by atoms with Gasteiger partial charge in [-0.3, -0.25) is 4.79 Å². The zero-order chi connectivity index (χ0) is 14.7. The Morgan fingerprint density at radius 1 is 1.40 bits per heavy atom. The predicted molar refractivity (Wildman–Crippen MR) is 82.9 cm³/mol. The molecule has 0 unspecified atom stereocenters. The van der Waals surface area contributed by atoms with Gasteiger partial charge in [-0.15, -0.1) is 0 Å². The van der Waals surface area contributed by atoms with E-state index in [1.165, 1.54) is 6.07 Å². The molecule has 0 atom stereocenters. The molecule has 2 rings (SSSR count). The van der Waals surface area contributed by atoms with Gasteiger partial charge in [0.15, 0.2) is 0 Å². The number of phenolic OH excluding ortho intramolecular Hbond substituents is 1. The third kappa shape index (κ3) is 3.14. The van der Waals surface area contributed by atoms with E-state index in [-0.39, 0.29) is 23.4 Å². The average Bonchev–Trinajstić information content (AvgIpc) is 2.48. The Labute approximate surface area is 130 Å². The van der Waals surface area contributed by atoms with Crippen molar-refractivity contribution in [3.8, 4) is 5.75 Å². The number of halogens is 1. The predicted octanol–water partition coefficient (Wildman–Crippen LogP) is 1.60. The van der Waals surface area contributed by atoms with E-state index in [2.05, 4.69) is 27.7 Å². The minimum absolute atomic E-state index is 0.00558. The van der Waals surface area contributed by atoms with Crippen molar-refractivity contribution in [3.63, 3.8) is 0 Å². The number of amides is 1. The lowest BCUT2D eigenvalue weighted by Gasteiger charge is -2.31. The standard InChI is InChI=1S/C13H16IN3O3/c14-9-1-2-11(18)10(7-9)13(19)17-5-3-8(4-6-17)12(15)16-20/h1-2,7-8,18,20H,3-6H2,(H2,15,16). The fraction of sp³-hybridized carbons (Fsp3) is 0.385. The zero-order valence-corrected chi connectivity index (χ0v) is 12.9. The molecular weight excluding hydrogens is 373 g/mol. The Bertz CT molecular complexity index is 540. The zero-order valence-electron chi connectivity index (χ0n) is 10.8. The van der Waals surface area contributed by atoms with Crippen molar-refractivity contribution < 1.29 is 15.1 Å². The molecule has 0 saturated carbocycles. The minimum atomic E-state index is -0.182. The summed E-state index contributed by atoms with van der Waals surface area (Å²) < 4.78 is 0.898. The summed E-state index contributed by atoms with van der Waals surface area (Å²) in [5.41, 5.74) is 5.90. The molecule has 20 heavy (non-hydrogen) atoms. The smallest absolute Gasteiger partial charge is 0.257 e. The molecule has 1 aromatic carbocycles. The van der Waals surface area contributed by atoms with Crippen LogP contribution in [0.3, 0.4) is 0 Å². The summed E-state index contributed by atoms with van der Waals surface area (Å²) in [5, 5.41) is 21.5. The molecule has 1 amide bonds. The number of hydrogen-bond acceptors (Lipinski definition) is 4. The van der Waals surface area contributed by atoms with Crippen molar-refractivity contribution >= 4 is 34.3 Å². The minimum Gasteiger partial charge on any atom is -0.507 e. The van der Waals surface area contributed by atoms with Crippen molar-refractivity contribution in [3.05, 3.63) is 27.3 Å².